The highest BCUT2D eigenvalue weighted by atomic mass is 16.7. The zero-order chi connectivity index (χ0) is 9.80. The van der Waals surface area contributed by atoms with E-state index in [0.29, 0.717) is 13.2 Å². The first-order valence-corrected chi connectivity index (χ1v) is 4.97. The summed E-state index contributed by atoms with van der Waals surface area (Å²) < 4.78 is 21.1. The molecule has 2 aliphatic rings. The Labute approximate surface area is 83.8 Å². The number of ether oxygens (including phenoxy) is 4. The molecule has 14 heavy (non-hydrogen) atoms. The molecular formula is C10H16O4. The molecule has 80 valence electrons. The van der Waals surface area contributed by atoms with Crippen molar-refractivity contribution in [1.82, 2.24) is 0 Å². The van der Waals surface area contributed by atoms with Gasteiger partial charge in [-0.1, -0.05) is 6.08 Å². The van der Waals surface area contributed by atoms with Gasteiger partial charge in [-0.15, -0.1) is 0 Å². The smallest absolute Gasteiger partial charge is 0.177 e. The maximum atomic E-state index is 5.50. The van der Waals surface area contributed by atoms with Crippen LogP contribution in [0, 0.1) is 0 Å². The Morgan fingerprint density at radius 2 is 1.71 bits per heavy atom. The fourth-order valence-corrected chi connectivity index (χ4v) is 1.05. The van der Waals surface area contributed by atoms with Crippen molar-refractivity contribution in [2.24, 2.45) is 0 Å². The minimum Gasteiger partial charge on any atom is -0.371 e. The Bertz CT molecular complexity index is 180. The molecule has 4 nitrogen and oxygen atoms in total. The summed E-state index contributed by atoms with van der Waals surface area (Å²) in [5, 5.41) is 0. The van der Waals surface area contributed by atoms with Crippen LogP contribution in [0.3, 0.4) is 0 Å². The molecule has 0 saturated carbocycles. The zero-order valence-electron chi connectivity index (χ0n) is 8.35. The molecule has 2 heterocycles. The molecule has 2 atom stereocenters. The van der Waals surface area contributed by atoms with Crippen LogP contribution in [0.2, 0.25) is 0 Å². The van der Waals surface area contributed by atoms with Crippen molar-refractivity contribution in [3.63, 3.8) is 0 Å². The van der Waals surface area contributed by atoms with Gasteiger partial charge in [-0.25, -0.2) is 0 Å². The van der Waals surface area contributed by atoms with Crippen LogP contribution in [-0.4, -0.2) is 44.9 Å². The first kappa shape index (κ1) is 10.1. The van der Waals surface area contributed by atoms with Crippen LogP contribution in [0.4, 0.5) is 0 Å². The van der Waals surface area contributed by atoms with Gasteiger partial charge in [0.25, 0.3) is 0 Å². The average Bonchev–Trinajstić information content (AvgIpc) is 3.02. The molecule has 0 amide bonds. The van der Waals surface area contributed by atoms with Gasteiger partial charge in [0.05, 0.1) is 26.4 Å². The molecule has 2 saturated heterocycles. The van der Waals surface area contributed by atoms with Crippen LogP contribution in [-0.2, 0) is 18.9 Å². The van der Waals surface area contributed by atoms with Crippen LogP contribution < -0.4 is 0 Å². The van der Waals surface area contributed by atoms with E-state index in [9.17, 15) is 0 Å². The summed E-state index contributed by atoms with van der Waals surface area (Å²) in [5.74, 6) is 0. The maximum absolute atomic E-state index is 5.50. The van der Waals surface area contributed by atoms with E-state index in [0.717, 1.165) is 13.2 Å². The molecule has 2 fully saturated rings. The summed E-state index contributed by atoms with van der Waals surface area (Å²) in [7, 11) is 0. The fourth-order valence-electron chi connectivity index (χ4n) is 1.05. The highest BCUT2D eigenvalue weighted by molar-refractivity contribution is 4.83. The Hall–Kier alpha value is -0.420. The van der Waals surface area contributed by atoms with Crippen molar-refractivity contribution < 1.29 is 18.9 Å². The molecule has 0 N–H and O–H groups in total. The molecule has 0 aliphatic carbocycles. The van der Waals surface area contributed by atoms with E-state index >= 15 is 0 Å². The number of allylic oxidation sites excluding steroid dienone is 1. The van der Waals surface area contributed by atoms with Crippen molar-refractivity contribution in [2.75, 3.05) is 26.4 Å². The summed E-state index contributed by atoms with van der Waals surface area (Å²) in [6, 6.07) is 0. The molecule has 2 unspecified atom stereocenters. The molecule has 2 aliphatic heterocycles. The van der Waals surface area contributed by atoms with Gasteiger partial charge in [0.1, 0.15) is 12.2 Å². The average molecular weight is 200 g/mol. The van der Waals surface area contributed by atoms with Crippen LogP contribution in [0.1, 0.15) is 6.92 Å². The van der Waals surface area contributed by atoms with E-state index in [-0.39, 0.29) is 18.5 Å². The summed E-state index contributed by atoms with van der Waals surface area (Å²) >= 11 is 0. The van der Waals surface area contributed by atoms with E-state index in [1.807, 2.05) is 19.1 Å². The first-order chi connectivity index (χ1) is 6.88. The second-order valence-electron chi connectivity index (χ2n) is 3.47. The standard InChI is InChI=1S/C10H16O4/c1-2-3-10(13-6-8-4-11-8)14-7-9-5-12-9/h2-3,8-10H,4-7H2,1H3. The largest absolute Gasteiger partial charge is 0.371 e. The lowest BCUT2D eigenvalue weighted by Crippen LogP contribution is -2.19. The predicted octanol–water partition coefficient (Wildman–Crippen LogP) is 0.719. The predicted molar refractivity (Wildman–Crippen MR) is 50.0 cm³/mol. The third-order valence-electron chi connectivity index (χ3n) is 2.05. The third-order valence-corrected chi connectivity index (χ3v) is 2.05. The Morgan fingerprint density at radius 3 is 2.07 bits per heavy atom. The molecule has 4 heteroatoms. The van der Waals surface area contributed by atoms with Gasteiger partial charge in [0.2, 0.25) is 0 Å². The lowest BCUT2D eigenvalue weighted by atomic mass is 10.4. The Morgan fingerprint density at radius 1 is 1.21 bits per heavy atom. The van der Waals surface area contributed by atoms with E-state index in [2.05, 4.69) is 0 Å². The van der Waals surface area contributed by atoms with Crippen LogP contribution in [0.25, 0.3) is 0 Å². The van der Waals surface area contributed by atoms with Gasteiger partial charge in [-0.2, -0.15) is 0 Å². The van der Waals surface area contributed by atoms with E-state index in [4.69, 9.17) is 18.9 Å². The summed E-state index contributed by atoms with van der Waals surface area (Å²) in [5.41, 5.74) is 0. The lowest BCUT2D eigenvalue weighted by molar-refractivity contribution is -0.117. The van der Waals surface area contributed by atoms with Crippen molar-refractivity contribution in [3.8, 4) is 0 Å². The molecule has 0 aromatic carbocycles. The van der Waals surface area contributed by atoms with Crippen molar-refractivity contribution in [1.29, 1.82) is 0 Å². The van der Waals surface area contributed by atoms with Crippen LogP contribution in [0.5, 0.6) is 0 Å². The van der Waals surface area contributed by atoms with Crippen molar-refractivity contribution in [3.05, 3.63) is 12.2 Å². The summed E-state index contributed by atoms with van der Waals surface area (Å²) in [6.45, 7) is 4.80. The van der Waals surface area contributed by atoms with E-state index in [1.54, 1.807) is 0 Å². The number of hydrogen-bond donors (Lipinski definition) is 0. The molecule has 0 radical (unpaired) electrons. The van der Waals surface area contributed by atoms with Crippen molar-refractivity contribution in [2.45, 2.75) is 25.4 Å². The normalized spacial score (nSPS) is 32.1. The number of hydrogen-bond acceptors (Lipinski definition) is 4. The van der Waals surface area contributed by atoms with Gasteiger partial charge >= 0.3 is 0 Å². The number of rotatable bonds is 7. The quantitative estimate of drug-likeness (QED) is 0.345. The third kappa shape index (κ3) is 3.75. The summed E-state index contributed by atoms with van der Waals surface area (Å²) in [6.07, 6.45) is 4.12. The van der Waals surface area contributed by atoms with Crippen molar-refractivity contribution >= 4 is 0 Å². The highest BCUT2D eigenvalue weighted by Gasteiger charge is 2.26. The molecule has 2 rings (SSSR count). The molecule has 0 spiro atoms. The molecule has 0 aromatic heterocycles. The SMILES string of the molecule is CC=CC(OCC1CO1)OCC1CO1. The Balaban J connectivity index is 1.62. The monoisotopic (exact) mass is 200 g/mol. The topological polar surface area (TPSA) is 43.5 Å². The van der Waals surface area contributed by atoms with Gasteiger partial charge in [0, 0.05) is 0 Å². The molecule has 0 aromatic rings. The Kier molecular flexibility index (Phi) is 3.53. The lowest BCUT2D eigenvalue weighted by Gasteiger charge is -2.13. The fraction of sp³-hybridized carbons (Fsp3) is 0.800. The second kappa shape index (κ2) is 4.89. The van der Waals surface area contributed by atoms with Crippen LogP contribution in [0.15, 0.2) is 12.2 Å². The van der Waals surface area contributed by atoms with E-state index < -0.39 is 0 Å². The second-order valence-corrected chi connectivity index (χ2v) is 3.47. The van der Waals surface area contributed by atoms with Crippen LogP contribution >= 0.6 is 0 Å². The van der Waals surface area contributed by atoms with Gasteiger partial charge in [-0.3, -0.25) is 0 Å². The zero-order valence-corrected chi connectivity index (χ0v) is 8.35. The highest BCUT2D eigenvalue weighted by Crippen LogP contribution is 2.13. The number of epoxide rings is 2. The van der Waals surface area contributed by atoms with E-state index in [1.165, 1.54) is 0 Å². The van der Waals surface area contributed by atoms with Gasteiger partial charge in [-0.05, 0) is 13.0 Å². The maximum Gasteiger partial charge on any atom is 0.177 e. The minimum atomic E-state index is -0.256. The van der Waals surface area contributed by atoms with Gasteiger partial charge in [0.15, 0.2) is 6.29 Å². The molecule has 0 bridgehead atoms. The molecular weight excluding hydrogens is 184 g/mol. The van der Waals surface area contributed by atoms with Gasteiger partial charge < -0.3 is 18.9 Å². The first-order valence-electron chi connectivity index (χ1n) is 4.97. The minimum absolute atomic E-state index is 0.256. The summed E-state index contributed by atoms with van der Waals surface area (Å²) in [4.78, 5) is 0.